The third kappa shape index (κ3) is 10.3. The summed E-state index contributed by atoms with van der Waals surface area (Å²) in [5.41, 5.74) is 0.449. The summed E-state index contributed by atoms with van der Waals surface area (Å²) in [6.45, 7) is 3.66. The van der Waals surface area contributed by atoms with Crippen molar-refractivity contribution in [2.45, 2.75) is 64.3 Å². The number of hydrogen-bond acceptors (Lipinski definition) is 4. The van der Waals surface area contributed by atoms with Gasteiger partial charge in [0.05, 0.1) is 17.5 Å². The predicted octanol–water partition coefficient (Wildman–Crippen LogP) is 6.46. The molecule has 3 aromatic rings. The van der Waals surface area contributed by atoms with Gasteiger partial charge in [-0.15, -0.1) is 0 Å². The number of amides is 2. The fourth-order valence-corrected chi connectivity index (χ4v) is 5.71. The monoisotopic (exact) mass is 651 g/mol. The second-order valence-electron chi connectivity index (χ2n) is 10.7. The molecular weight excluding hydrogens is 615 g/mol. The van der Waals surface area contributed by atoms with Crippen LogP contribution < -0.4 is 9.62 Å². The summed E-state index contributed by atoms with van der Waals surface area (Å²) in [6, 6.07) is 19.2. The van der Waals surface area contributed by atoms with E-state index in [4.69, 9.17) is 11.6 Å². The van der Waals surface area contributed by atoms with Crippen molar-refractivity contribution >= 4 is 39.1 Å². The maximum Gasteiger partial charge on any atom is 0.416 e. The number of alkyl halides is 3. The van der Waals surface area contributed by atoms with Gasteiger partial charge < -0.3 is 10.2 Å². The Morgan fingerprint density at radius 2 is 1.61 bits per heavy atom. The van der Waals surface area contributed by atoms with Crippen LogP contribution in [0, 0.1) is 0 Å². The Bertz CT molecular complexity index is 1500. The van der Waals surface area contributed by atoms with E-state index in [0.717, 1.165) is 39.9 Å². The normalized spacial score (nSPS) is 13.2. The highest BCUT2D eigenvalue weighted by molar-refractivity contribution is 7.92. The average molecular weight is 652 g/mol. The Morgan fingerprint density at radius 3 is 2.20 bits per heavy atom. The lowest BCUT2D eigenvalue weighted by Gasteiger charge is -2.32. The van der Waals surface area contributed by atoms with Gasteiger partial charge in [-0.25, -0.2) is 8.42 Å². The van der Waals surface area contributed by atoms with Gasteiger partial charge in [0.25, 0.3) is 0 Å². The van der Waals surface area contributed by atoms with Gasteiger partial charge >= 0.3 is 6.18 Å². The lowest BCUT2D eigenvalue weighted by Crippen LogP contribution is -2.52. The first-order valence-corrected chi connectivity index (χ1v) is 16.4. The highest BCUT2D eigenvalue weighted by Crippen LogP contribution is 2.32. The van der Waals surface area contributed by atoms with Crippen molar-refractivity contribution in [1.29, 1.82) is 0 Å². The molecular formula is C32H37ClF3N3O4S. The van der Waals surface area contributed by atoms with Crippen molar-refractivity contribution in [3.63, 3.8) is 0 Å². The summed E-state index contributed by atoms with van der Waals surface area (Å²) in [5.74, 6) is -0.732. The smallest absolute Gasteiger partial charge is 0.352 e. The van der Waals surface area contributed by atoms with Gasteiger partial charge in [0.1, 0.15) is 6.04 Å². The number of sulfonamides is 1. The number of anilines is 1. The molecule has 0 spiro atoms. The van der Waals surface area contributed by atoms with E-state index in [2.05, 4.69) is 5.32 Å². The lowest BCUT2D eigenvalue weighted by molar-refractivity contribution is -0.141. The molecule has 238 valence electrons. The third-order valence-corrected chi connectivity index (χ3v) is 8.60. The van der Waals surface area contributed by atoms with E-state index in [1.54, 1.807) is 24.3 Å². The van der Waals surface area contributed by atoms with E-state index in [1.165, 1.54) is 11.0 Å². The zero-order chi connectivity index (χ0) is 32.5. The maximum atomic E-state index is 13.9. The molecule has 3 rings (SSSR count). The van der Waals surface area contributed by atoms with Crippen LogP contribution in [0.25, 0.3) is 0 Å². The summed E-state index contributed by atoms with van der Waals surface area (Å²) >= 11 is 6.06. The van der Waals surface area contributed by atoms with Crippen LogP contribution in [0.5, 0.6) is 0 Å². The first-order valence-electron chi connectivity index (χ1n) is 14.2. The second-order valence-corrected chi connectivity index (χ2v) is 13.0. The number of benzene rings is 3. The van der Waals surface area contributed by atoms with Gasteiger partial charge in [-0.3, -0.25) is 13.9 Å². The first-order chi connectivity index (χ1) is 20.7. The van der Waals surface area contributed by atoms with Crippen LogP contribution in [0.4, 0.5) is 18.9 Å². The number of hydrogen-bond donors (Lipinski definition) is 1. The topological polar surface area (TPSA) is 86.8 Å². The number of carbonyl (C=O) groups excluding carboxylic acids is 2. The Hall–Kier alpha value is -3.57. The molecule has 0 aliphatic rings. The molecule has 7 nitrogen and oxygen atoms in total. The first kappa shape index (κ1) is 34.9. The zero-order valence-corrected chi connectivity index (χ0v) is 26.4. The van der Waals surface area contributed by atoms with Gasteiger partial charge in [0, 0.05) is 37.0 Å². The molecule has 1 N–H and O–H groups in total. The number of carbonyl (C=O) groups is 2. The fourth-order valence-electron chi connectivity index (χ4n) is 4.62. The minimum atomic E-state index is -4.65. The van der Waals surface area contributed by atoms with E-state index in [1.807, 2.05) is 44.2 Å². The Morgan fingerprint density at radius 1 is 0.955 bits per heavy atom. The Labute approximate surface area is 262 Å². The Balaban J connectivity index is 1.90. The van der Waals surface area contributed by atoms with E-state index in [0.29, 0.717) is 11.4 Å². The van der Waals surface area contributed by atoms with E-state index in [-0.39, 0.29) is 50.0 Å². The molecule has 0 aromatic heterocycles. The third-order valence-electron chi connectivity index (χ3n) is 7.15. The van der Waals surface area contributed by atoms with Crippen molar-refractivity contribution in [1.82, 2.24) is 10.2 Å². The second kappa shape index (κ2) is 15.4. The average Bonchev–Trinajstić information content (AvgIpc) is 2.97. The number of nitrogens with zero attached hydrogens (tertiary/aromatic N) is 2. The van der Waals surface area contributed by atoms with Crippen molar-refractivity contribution in [3.05, 3.63) is 101 Å². The number of halogens is 4. The molecule has 0 aliphatic carbocycles. The summed E-state index contributed by atoms with van der Waals surface area (Å²) in [4.78, 5) is 29.0. The van der Waals surface area contributed by atoms with Gasteiger partial charge in [0.2, 0.25) is 21.8 Å². The van der Waals surface area contributed by atoms with Gasteiger partial charge in [-0.2, -0.15) is 13.2 Å². The van der Waals surface area contributed by atoms with E-state index in [9.17, 15) is 31.2 Å². The van der Waals surface area contributed by atoms with Crippen LogP contribution in [0.1, 0.15) is 49.8 Å². The predicted molar refractivity (Wildman–Crippen MR) is 167 cm³/mol. The summed E-state index contributed by atoms with van der Waals surface area (Å²) in [7, 11) is -3.97. The van der Waals surface area contributed by atoms with Gasteiger partial charge in [-0.1, -0.05) is 67.1 Å². The van der Waals surface area contributed by atoms with Crippen LogP contribution >= 0.6 is 11.6 Å². The van der Waals surface area contributed by atoms with Crippen LogP contribution in [-0.2, 0) is 38.8 Å². The molecule has 3 aromatic carbocycles. The molecule has 0 fully saturated rings. The van der Waals surface area contributed by atoms with Crippen molar-refractivity contribution in [2.75, 3.05) is 17.1 Å². The minimum absolute atomic E-state index is 0.00427. The molecule has 0 unspecified atom stereocenters. The standard InChI is InChI=1S/C32H37ClF3N3O4S/c1-4-23(2)37-31(41)29(20-24-10-6-5-7-11-24)38(22-25-15-17-27(33)18-16-25)30(40)14-9-19-39(44(3,42)43)28-13-8-12-26(21-28)32(34,35)36/h5-8,10-13,15-18,21,23,29H,4,9,14,19-20,22H2,1-3H3,(H,37,41)/t23-,29-/m1/s1. The van der Waals surface area contributed by atoms with E-state index >= 15 is 0 Å². The summed E-state index contributed by atoms with van der Waals surface area (Å²) in [6.07, 6.45) is -2.98. The SMILES string of the molecule is CC[C@@H](C)NC(=O)[C@@H](Cc1ccccc1)N(Cc1ccc(Cl)cc1)C(=O)CCCN(c1cccc(C(F)(F)F)c1)S(C)(=O)=O. The lowest BCUT2D eigenvalue weighted by atomic mass is 10.0. The van der Waals surface area contributed by atoms with Crippen molar-refractivity contribution in [2.24, 2.45) is 0 Å². The number of rotatable bonds is 14. The minimum Gasteiger partial charge on any atom is -0.352 e. The highest BCUT2D eigenvalue weighted by Gasteiger charge is 2.33. The Kier molecular flexibility index (Phi) is 12.2. The molecule has 44 heavy (non-hydrogen) atoms. The summed E-state index contributed by atoms with van der Waals surface area (Å²) < 4.78 is 66.0. The van der Waals surface area contributed by atoms with Crippen LogP contribution in [0.2, 0.25) is 5.02 Å². The molecule has 12 heteroatoms. The maximum absolute atomic E-state index is 13.9. The van der Waals surface area contributed by atoms with Crippen LogP contribution in [0.15, 0.2) is 78.9 Å². The molecule has 2 atom stereocenters. The number of nitrogens with one attached hydrogen (secondary N) is 1. The molecule has 0 bridgehead atoms. The van der Waals surface area contributed by atoms with Crippen LogP contribution in [-0.4, -0.2) is 50.0 Å². The van der Waals surface area contributed by atoms with Crippen LogP contribution in [0.3, 0.4) is 0 Å². The van der Waals surface area contributed by atoms with Crippen molar-refractivity contribution < 1.29 is 31.2 Å². The zero-order valence-electron chi connectivity index (χ0n) is 24.9. The molecule has 0 heterocycles. The highest BCUT2D eigenvalue weighted by atomic mass is 35.5. The largest absolute Gasteiger partial charge is 0.416 e. The van der Waals surface area contributed by atoms with Gasteiger partial charge in [0.15, 0.2) is 0 Å². The quantitative estimate of drug-likeness (QED) is 0.217. The fraction of sp³-hybridized carbons (Fsp3) is 0.375. The van der Waals surface area contributed by atoms with Gasteiger partial charge in [-0.05, 0) is 61.2 Å². The molecule has 0 saturated heterocycles. The molecule has 0 radical (unpaired) electrons. The van der Waals surface area contributed by atoms with Crippen molar-refractivity contribution in [3.8, 4) is 0 Å². The van der Waals surface area contributed by atoms with E-state index < -0.39 is 33.7 Å². The summed E-state index contributed by atoms with van der Waals surface area (Å²) in [5, 5.41) is 3.49. The molecule has 0 saturated carbocycles. The molecule has 0 aliphatic heterocycles. The molecule has 2 amide bonds.